The molecule has 0 amide bonds. The van der Waals surface area contributed by atoms with E-state index in [2.05, 4.69) is 11.9 Å². The highest BCUT2D eigenvalue weighted by molar-refractivity contribution is 7.96. The van der Waals surface area contributed by atoms with Gasteiger partial charge in [0.2, 0.25) is 0 Å². The Morgan fingerprint density at radius 3 is 2.67 bits per heavy atom. The molecule has 3 atom stereocenters. The summed E-state index contributed by atoms with van der Waals surface area (Å²) in [4.78, 5) is 1.62. The molecule has 0 bridgehead atoms. The van der Waals surface area contributed by atoms with Crippen LogP contribution < -0.4 is 11.1 Å². The maximum Gasteiger partial charge on any atom is 0.401 e. The lowest BCUT2D eigenvalue weighted by molar-refractivity contribution is -0.147. The van der Waals surface area contributed by atoms with Crippen molar-refractivity contribution in [3.8, 4) is 0 Å². The van der Waals surface area contributed by atoms with Crippen LogP contribution in [0.4, 0.5) is 13.2 Å². The number of rotatable bonds is 12. The van der Waals surface area contributed by atoms with Crippen LogP contribution in [0, 0.1) is 11.8 Å². The first-order valence-electron chi connectivity index (χ1n) is 13.6. The monoisotopic (exact) mass is 581 g/mol. The molecule has 1 saturated heterocycles. The van der Waals surface area contributed by atoms with E-state index in [1.54, 1.807) is 6.08 Å². The molecule has 0 aromatic rings. The van der Waals surface area contributed by atoms with Crippen LogP contribution in [0.1, 0.15) is 32.6 Å². The van der Waals surface area contributed by atoms with Gasteiger partial charge in [0.1, 0.15) is 5.76 Å². The van der Waals surface area contributed by atoms with Gasteiger partial charge in [0.25, 0.3) is 0 Å². The normalized spacial score (nSPS) is 26.4. The molecule has 2 fully saturated rings. The van der Waals surface area contributed by atoms with Gasteiger partial charge in [-0.2, -0.15) is 13.2 Å². The Balaban J connectivity index is 1.53. The number of nitrogens with two attached hydrogens (primary N) is 1. The van der Waals surface area contributed by atoms with Crippen molar-refractivity contribution in [2.75, 3.05) is 32.8 Å². The van der Waals surface area contributed by atoms with Gasteiger partial charge >= 0.3 is 6.18 Å². The maximum atomic E-state index is 13.0. The average Bonchev–Trinajstić information content (AvgIpc) is 3.71. The third-order valence-electron chi connectivity index (χ3n) is 7.61. The molecule has 220 valence electrons. The lowest BCUT2D eigenvalue weighted by Crippen LogP contribution is -2.37. The molecule has 0 aromatic heterocycles. The lowest BCUT2D eigenvalue weighted by Gasteiger charge is -2.33. The molecule has 3 aliphatic carbocycles. The number of sulfone groups is 1. The fourth-order valence-corrected chi connectivity index (χ4v) is 7.37. The van der Waals surface area contributed by atoms with E-state index in [-0.39, 0.29) is 49.4 Å². The molecule has 11 heteroatoms. The zero-order valence-electron chi connectivity index (χ0n) is 22.7. The average molecular weight is 582 g/mol. The van der Waals surface area contributed by atoms with Gasteiger partial charge in [-0.15, -0.1) is 0 Å². The maximum absolute atomic E-state index is 13.0. The molecule has 4 N–H and O–H groups in total. The first-order chi connectivity index (χ1) is 18.9. The lowest BCUT2D eigenvalue weighted by atomic mass is 9.75. The Bertz CT molecular complexity index is 1270. The molecule has 0 aromatic carbocycles. The van der Waals surface area contributed by atoms with E-state index in [9.17, 15) is 21.6 Å². The summed E-state index contributed by atoms with van der Waals surface area (Å²) in [7, 11) is -3.30. The number of fused-ring (bicyclic) bond motifs is 1. The Labute approximate surface area is 234 Å². The number of aliphatic hydroxyl groups excluding tert-OH is 1. The van der Waals surface area contributed by atoms with E-state index >= 15 is 0 Å². The molecule has 1 heterocycles. The molecule has 1 aliphatic heterocycles. The predicted octanol–water partition coefficient (Wildman–Crippen LogP) is 4.00. The fraction of sp³-hybridized carbons (Fsp3) is 0.517. The van der Waals surface area contributed by atoms with Crippen LogP contribution in [0.15, 0.2) is 82.3 Å². The number of alkyl halides is 3. The van der Waals surface area contributed by atoms with E-state index < -0.39 is 22.6 Å². The number of allylic oxidation sites excluding steroid dienone is 9. The third kappa shape index (κ3) is 7.11. The van der Waals surface area contributed by atoms with Gasteiger partial charge in [-0.05, 0) is 62.1 Å². The van der Waals surface area contributed by atoms with Crippen molar-refractivity contribution >= 4 is 9.84 Å². The molecule has 0 spiro atoms. The minimum atomic E-state index is -4.34. The number of nitrogens with one attached hydrogen (secondary N) is 1. The van der Waals surface area contributed by atoms with Gasteiger partial charge in [0.15, 0.2) is 9.84 Å². The van der Waals surface area contributed by atoms with Crippen LogP contribution in [0.5, 0.6) is 0 Å². The van der Waals surface area contributed by atoms with Gasteiger partial charge in [-0.3, -0.25) is 4.90 Å². The Morgan fingerprint density at radius 2 is 2.02 bits per heavy atom. The number of halogens is 3. The van der Waals surface area contributed by atoms with Crippen LogP contribution >= 0.6 is 0 Å². The number of hydrogen-bond donors (Lipinski definition) is 3. The number of aliphatic hydroxyl groups is 1. The van der Waals surface area contributed by atoms with Crippen LogP contribution in [-0.4, -0.2) is 68.7 Å². The van der Waals surface area contributed by atoms with E-state index in [4.69, 9.17) is 15.6 Å². The summed E-state index contributed by atoms with van der Waals surface area (Å²) >= 11 is 0. The molecule has 0 radical (unpaired) electrons. The van der Waals surface area contributed by atoms with Crippen LogP contribution in [0.25, 0.3) is 0 Å². The summed E-state index contributed by atoms with van der Waals surface area (Å²) in [5.74, 6) is 0.320. The summed E-state index contributed by atoms with van der Waals surface area (Å²) in [5.41, 5.74) is 9.27. The Morgan fingerprint density at radius 1 is 1.27 bits per heavy atom. The molecule has 3 unspecified atom stereocenters. The summed E-state index contributed by atoms with van der Waals surface area (Å²) < 4.78 is 70.6. The molecular formula is C29H38F3N3O4S. The highest BCUT2D eigenvalue weighted by atomic mass is 32.2. The number of ether oxygens (including phenoxy) is 1. The van der Waals surface area contributed by atoms with Crippen molar-refractivity contribution in [2.45, 2.75) is 50.1 Å². The molecule has 7 nitrogen and oxygen atoms in total. The number of nitrogens with zero attached hydrogens (tertiary/aromatic N) is 1. The smallest absolute Gasteiger partial charge is 0.401 e. The topological polar surface area (TPSA) is 105 Å². The largest absolute Gasteiger partial charge is 0.496 e. The minimum absolute atomic E-state index is 0.0651. The van der Waals surface area contributed by atoms with Crippen molar-refractivity contribution in [2.24, 2.45) is 17.6 Å². The standard InChI is InChI=1S/C29H38F3N3O4S/c1-19(17-33)15-25-20(2)34-28-26(39-14-4-11-35(12-13-36)18-29(30,31)32)10-9-24(27(25)28)21-5-3-6-23(16-21)40(37,38)22-7-8-22/h3,5-6,9-10,15,17,21-22,27-28,34,36H,2,4,7-8,11-14,16,18,33H2,1H3/b19-17-,25-15+. The van der Waals surface area contributed by atoms with Crippen molar-refractivity contribution in [3.63, 3.8) is 0 Å². The van der Waals surface area contributed by atoms with Crippen molar-refractivity contribution in [1.29, 1.82) is 0 Å². The van der Waals surface area contributed by atoms with E-state index in [0.29, 0.717) is 42.0 Å². The quantitative estimate of drug-likeness (QED) is 0.299. The second kappa shape index (κ2) is 12.4. The highest BCUT2D eigenvalue weighted by Gasteiger charge is 2.44. The SMILES string of the molecule is C=C1NC2C(OCCCN(CCO)CC(F)(F)F)=CC=C(C3C=CC=C(S(=O)(=O)C4CC4)C3)C2/C1=C/C(C)=C\N. The van der Waals surface area contributed by atoms with E-state index in [1.165, 1.54) is 6.20 Å². The molecule has 4 rings (SSSR count). The Hall–Kier alpha value is -2.76. The number of hydrogen-bond acceptors (Lipinski definition) is 7. The fourth-order valence-electron chi connectivity index (χ4n) is 5.50. The van der Waals surface area contributed by atoms with Gasteiger partial charge in [0, 0.05) is 35.5 Å². The second-order valence-corrected chi connectivity index (χ2v) is 13.0. The second-order valence-electron chi connectivity index (χ2n) is 10.7. The molecule has 40 heavy (non-hydrogen) atoms. The van der Waals surface area contributed by atoms with E-state index in [0.717, 1.165) is 21.6 Å². The summed E-state index contributed by atoms with van der Waals surface area (Å²) in [6, 6.07) is -0.296. The van der Waals surface area contributed by atoms with Gasteiger partial charge in [0.05, 0.1) is 31.1 Å². The van der Waals surface area contributed by atoms with Crippen molar-refractivity contribution in [1.82, 2.24) is 10.2 Å². The van der Waals surface area contributed by atoms with E-state index in [1.807, 2.05) is 37.3 Å². The van der Waals surface area contributed by atoms with Crippen LogP contribution in [-0.2, 0) is 14.6 Å². The third-order valence-corrected chi connectivity index (χ3v) is 9.99. The van der Waals surface area contributed by atoms with Crippen molar-refractivity contribution in [3.05, 3.63) is 82.3 Å². The van der Waals surface area contributed by atoms with Crippen molar-refractivity contribution < 1.29 is 31.4 Å². The predicted molar refractivity (Wildman–Crippen MR) is 149 cm³/mol. The minimum Gasteiger partial charge on any atom is -0.496 e. The molecule has 1 saturated carbocycles. The van der Waals surface area contributed by atoms with Gasteiger partial charge in [-0.25, -0.2) is 8.42 Å². The first kappa shape index (κ1) is 30.2. The zero-order valence-corrected chi connectivity index (χ0v) is 23.5. The van der Waals surface area contributed by atoms with Gasteiger partial charge in [-0.1, -0.05) is 36.5 Å². The van der Waals surface area contributed by atoms with Crippen LogP contribution in [0.3, 0.4) is 0 Å². The Kier molecular flexibility index (Phi) is 9.36. The molecular weight excluding hydrogens is 543 g/mol. The first-order valence-corrected chi connectivity index (χ1v) is 15.1. The van der Waals surface area contributed by atoms with Gasteiger partial charge < -0.3 is 20.9 Å². The summed E-state index contributed by atoms with van der Waals surface area (Å²) in [6.07, 6.45) is 10.7. The highest BCUT2D eigenvalue weighted by Crippen LogP contribution is 2.46. The van der Waals surface area contributed by atoms with Crippen LogP contribution in [0.2, 0.25) is 0 Å². The zero-order chi connectivity index (χ0) is 29.1. The molecule has 4 aliphatic rings. The summed E-state index contributed by atoms with van der Waals surface area (Å²) in [6.45, 7) is 4.91. The summed E-state index contributed by atoms with van der Waals surface area (Å²) in [5, 5.41) is 12.3.